The van der Waals surface area contributed by atoms with Crippen molar-refractivity contribution in [2.75, 3.05) is 13.2 Å². The number of hydrogen-bond donors (Lipinski definition) is 2. The van der Waals surface area contributed by atoms with Gasteiger partial charge < -0.3 is 10.4 Å². The van der Waals surface area contributed by atoms with Crippen LogP contribution in [0, 0.1) is 17.7 Å². The summed E-state index contributed by atoms with van der Waals surface area (Å²) in [5.74, 6) is 0.810. The molecule has 0 bridgehead atoms. The highest BCUT2D eigenvalue weighted by atomic mass is 79.9. The van der Waals surface area contributed by atoms with E-state index < -0.39 is 0 Å². The lowest BCUT2D eigenvalue weighted by Crippen LogP contribution is -2.26. The lowest BCUT2D eigenvalue weighted by atomic mass is 9.97. The van der Waals surface area contributed by atoms with Gasteiger partial charge in [0.25, 0.3) is 0 Å². The predicted molar refractivity (Wildman–Crippen MR) is 73.7 cm³/mol. The van der Waals surface area contributed by atoms with Gasteiger partial charge >= 0.3 is 0 Å². The molecule has 1 aliphatic carbocycles. The summed E-state index contributed by atoms with van der Waals surface area (Å²) in [5.41, 5.74) is 1.06. The topological polar surface area (TPSA) is 32.3 Å². The summed E-state index contributed by atoms with van der Waals surface area (Å²) >= 11 is 3.37. The van der Waals surface area contributed by atoms with Gasteiger partial charge in [-0.05, 0) is 48.9 Å². The molecule has 100 valence electrons. The number of nitrogens with one attached hydrogen (secondary N) is 1. The Morgan fingerprint density at radius 3 is 2.83 bits per heavy atom. The van der Waals surface area contributed by atoms with Crippen LogP contribution in [0.4, 0.5) is 4.39 Å². The third-order valence-corrected chi connectivity index (χ3v) is 4.53. The van der Waals surface area contributed by atoms with Gasteiger partial charge in [-0.15, -0.1) is 0 Å². The Balaban J connectivity index is 1.81. The summed E-state index contributed by atoms with van der Waals surface area (Å²) < 4.78 is 13.7. The second-order valence-electron chi connectivity index (χ2n) is 5.00. The average Bonchev–Trinajstić information content (AvgIpc) is 2.79. The highest BCUT2D eigenvalue weighted by Gasteiger charge is 2.25. The van der Waals surface area contributed by atoms with E-state index >= 15 is 0 Å². The lowest BCUT2D eigenvalue weighted by Gasteiger charge is -2.18. The number of benzene rings is 1. The molecule has 0 heterocycles. The fraction of sp³-hybridized carbons (Fsp3) is 0.571. The van der Waals surface area contributed by atoms with Gasteiger partial charge in [0.15, 0.2) is 0 Å². The molecule has 18 heavy (non-hydrogen) atoms. The molecule has 1 aromatic rings. The van der Waals surface area contributed by atoms with Crippen LogP contribution in [-0.4, -0.2) is 18.3 Å². The van der Waals surface area contributed by atoms with Gasteiger partial charge in [0, 0.05) is 17.6 Å². The Kier molecular flexibility index (Phi) is 5.15. The Morgan fingerprint density at radius 1 is 1.33 bits per heavy atom. The van der Waals surface area contributed by atoms with Gasteiger partial charge in [0.1, 0.15) is 5.82 Å². The fourth-order valence-electron chi connectivity index (χ4n) is 2.68. The van der Waals surface area contributed by atoms with Crippen LogP contribution in [0.3, 0.4) is 0 Å². The van der Waals surface area contributed by atoms with E-state index in [0.717, 1.165) is 29.5 Å². The van der Waals surface area contributed by atoms with Gasteiger partial charge in [0.2, 0.25) is 0 Å². The van der Waals surface area contributed by atoms with E-state index in [4.69, 9.17) is 0 Å². The molecule has 2 nitrogen and oxygen atoms in total. The molecular formula is C14H19BrFNO. The molecule has 0 saturated heterocycles. The molecule has 0 aromatic heterocycles. The molecule has 1 saturated carbocycles. The van der Waals surface area contributed by atoms with Crippen molar-refractivity contribution in [2.45, 2.75) is 25.8 Å². The summed E-state index contributed by atoms with van der Waals surface area (Å²) in [4.78, 5) is 0. The molecule has 4 heteroatoms. The lowest BCUT2D eigenvalue weighted by molar-refractivity contribution is 0.192. The normalized spacial score (nSPS) is 23.5. The molecule has 1 fully saturated rings. The first kappa shape index (κ1) is 14.0. The van der Waals surface area contributed by atoms with Gasteiger partial charge in [-0.1, -0.05) is 28.4 Å². The van der Waals surface area contributed by atoms with Crippen LogP contribution in [0.5, 0.6) is 0 Å². The third-order valence-electron chi connectivity index (χ3n) is 3.79. The molecule has 0 spiro atoms. The van der Waals surface area contributed by atoms with E-state index in [9.17, 15) is 9.50 Å². The van der Waals surface area contributed by atoms with Crippen LogP contribution < -0.4 is 5.32 Å². The minimum atomic E-state index is -0.221. The summed E-state index contributed by atoms with van der Waals surface area (Å²) in [7, 11) is 0. The van der Waals surface area contributed by atoms with Crippen LogP contribution in [0.2, 0.25) is 0 Å². The first-order valence-corrected chi connectivity index (χ1v) is 7.25. The van der Waals surface area contributed by atoms with E-state index in [0.29, 0.717) is 18.4 Å². The Bertz CT molecular complexity index is 399. The molecule has 0 amide bonds. The van der Waals surface area contributed by atoms with Crippen molar-refractivity contribution in [3.05, 3.63) is 34.1 Å². The zero-order valence-electron chi connectivity index (χ0n) is 10.3. The molecule has 0 radical (unpaired) electrons. The second kappa shape index (κ2) is 6.64. The predicted octanol–water partition coefficient (Wildman–Crippen LogP) is 3.09. The van der Waals surface area contributed by atoms with Crippen molar-refractivity contribution in [3.8, 4) is 0 Å². The van der Waals surface area contributed by atoms with E-state index in [1.165, 1.54) is 25.0 Å². The zero-order chi connectivity index (χ0) is 13.0. The molecule has 2 N–H and O–H groups in total. The number of rotatable bonds is 5. The van der Waals surface area contributed by atoms with Crippen LogP contribution in [0.25, 0.3) is 0 Å². The van der Waals surface area contributed by atoms with Crippen LogP contribution in [-0.2, 0) is 6.54 Å². The maximum absolute atomic E-state index is 12.9. The van der Waals surface area contributed by atoms with E-state index in [1.807, 2.05) is 0 Å². The maximum atomic E-state index is 12.9. The second-order valence-corrected chi connectivity index (χ2v) is 5.85. The third kappa shape index (κ3) is 3.53. The van der Waals surface area contributed by atoms with E-state index in [2.05, 4.69) is 21.2 Å². The molecule has 2 atom stereocenters. The molecule has 1 aliphatic rings. The Labute approximate surface area is 116 Å². The summed E-state index contributed by atoms with van der Waals surface area (Å²) in [6.07, 6.45) is 3.56. The molecular weight excluding hydrogens is 297 g/mol. The van der Waals surface area contributed by atoms with Crippen molar-refractivity contribution in [1.29, 1.82) is 0 Å². The minimum Gasteiger partial charge on any atom is -0.396 e. The Hall–Kier alpha value is -0.450. The van der Waals surface area contributed by atoms with Crippen molar-refractivity contribution < 1.29 is 9.50 Å². The van der Waals surface area contributed by atoms with Crippen molar-refractivity contribution in [2.24, 2.45) is 11.8 Å². The Morgan fingerprint density at radius 2 is 2.11 bits per heavy atom. The van der Waals surface area contributed by atoms with Crippen LogP contribution in [0.15, 0.2) is 22.7 Å². The standard InChI is InChI=1S/C14H19BrFNO/c15-14-6-13(16)5-4-11(14)8-17-7-10-2-1-3-12(10)9-18/h4-6,10,12,17-18H,1-3,7-9H2. The largest absolute Gasteiger partial charge is 0.396 e. The monoisotopic (exact) mass is 315 g/mol. The fourth-order valence-corrected chi connectivity index (χ4v) is 3.17. The smallest absolute Gasteiger partial charge is 0.124 e. The summed E-state index contributed by atoms with van der Waals surface area (Å²) in [5, 5.41) is 12.7. The zero-order valence-corrected chi connectivity index (χ0v) is 11.9. The average molecular weight is 316 g/mol. The van der Waals surface area contributed by atoms with Crippen LogP contribution >= 0.6 is 15.9 Å². The number of halogens is 2. The molecule has 1 aromatic carbocycles. The molecule has 2 rings (SSSR count). The summed E-state index contributed by atoms with van der Waals surface area (Å²) in [6, 6.07) is 4.77. The summed E-state index contributed by atoms with van der Waals surface area (Å²) in [6.45, 7) is 1.96. The first-order valence-electron chi connectivity index (χ1n) is 6.46. The first-order chi connectivity index (χ1) is 8.70. The maximum Gasteiger partial charge on any atom is 0.124 e. The number of aliphatic hydroxyl groups excluding tert-OH is 1. The molecule has 2 unspecified atom stereocenters. The van der Waals surface area contributed by atoms with Crippen molar-refractivity contribution >= 4 is 15.9 Å². The van der Waals surface area contributed by atoms with E-state index in [1.54, 1.807) is 6.07 Å². The quantitative estimate of drug-likeness (QED) is 0.875. The number of hydrogen-bond acceptors (Lipinski definition) is 2. The number of aliphatic hydroxyl groups is 1. The van der Waals surface area contributed by atoms with Gasteiger partial charge in [0.05, 0.1) is 0 Å². The van der Waals surface area contributed by atoms with E-state index in [-0.39, 0.29) is 5.82 Å². The minimum absolute atomic E-state index is 0.221. The van der Waals surface area contributed by atoms with Crippen LogP contribution in [0.1, 0.15) is 24.8 Å². The highest BCUT2D eigenvalue weighted by molar-refractivity contribution is 9.10. The SMILES string of the molecule is OCC1CCCC1CNCc1ccc(F)cc1Br. The van der Waals surface area contributed by atoms with Gasteiger partial charge in [-0.2, -0.15) is 0 Å². The van der Waals surface area contributed by atoms with Gasteiger partial charge in [-0.3, -0.25) is 0 Å². The molecule has 0 aliphatic heterocycles. The van der Waals surface area contributed by atoms with Crippen molar-refractivity contribution in [1.82, 2.24) is 5.32 Å². The highest BCUT2D eigenvalue weighted by Crippen LogP contribution is 2.30. The van der Waals surface area contributed by atoms with Crippen molar-refractivity contribution in [3.63, 3.8) is 0 Å². The van der Waals surface area contributed by atoms with Gasteiger partial charge in [-0.25, -0.2) is 4.39 Å².